The molecule has 0 amide bonds. The van der Waals surface area contributed by atoms with Crippen molar-refractivity contribution in [1.82, 2.24) is 5.32 Å². The summed E-state index contributed by atoms with van der Waals surface area (Å²) in [4.78, 5) is 29.9. The second kappa shape index (κ2) is 19.1. The maximum atomic E-state index is 12.9. The van der Waals surface area contributed by atoms with Crippen molar-refractivity contribution in [3.8, 4) is 11.5 Å². The molecule has 1 saturated heterocycles. The summed E-state index contributed by atoms with van der Waals surface area (Å²) < 4.78 is 36.6. The molecule has 2 aliphatic heterocycles. The van der Waals surface area contributed by atoms with Crippen molar-refractivity contribution < 1.29 is 43.1 Å². The van der Waals surface area contributed by atoms with Gasteiger partial charge in [0, 0.05) is 44.8 Å². The second-order valence-electron chi connectivity index (χ2n) is 12.6. The highest BCUT2D eigenvalue weighted by molar-refractivity contribution is 6.30. The van der Waals surface area contributed by atoms with Gasteiger partial charge in [0.15, 0.2) is 0 Å². The van der Waals surface area contributed by atoms with E-state index < -0.39 is 17.3 Å². The van der Waals surface area contributed by atoms with Gasteiger partial charge in [-0.15, -0.1) is 10.1 Å². The predicted molar refractivity (Wildman–Crippen MR) is 182 cm³/mol. The number of hydrogen-bond acceptors (Lipinski definition) is 12. The van der Waals surface area contributed by atoms with E-state index in [0.717, 1.165) is 67.9 Å². The van der Waals surface area contributed by atoms with Crippen LogP contribution in [-0.4, -0.2) is 94.7 Å². The van der Waals surface area contributed by atoms with Crippen molar-refractivity contribution >= 4 is 23.3 Å². The van der Waals surface area contributed by atoms with Crippen LogP contribution in [0.25, 0.3) is 0 Å². The fraction of sp³-hybridized carbons (Fsp3) is 0.629. The van der Waals surface area contributed by atoms with E-state index >= 15 is 0 Å². The van der Waals surface area contributed by atoms with Crippen LogP contribution in [0, 0.1) is 10.1 Å². The highest BCUT2D eigenvalue weighted by Crippen LogP contribution is 2.34. The zero-order valence-electron chi connectivity index (χ0n) is 28.1. The van der Waals surface area contributed by atoms with Crippen LogP contribution in [0.4, 0.5) is 5.69 Å². The first-order valence-corrected chi connectivity index (χ1v) is 17.6. The molecule has 1 aliphatic carbocycles. The number of ether oxygens (including phenoxy) is 6. The Morgan fingerprint density at radius 3 is 2.57 bits per heavy atom. The van der Waals surface area contributed by atoms with Crippen molar-refractivity contribution in [3.63, 3.8) is 0 Å². The number of anilines is 1. The van der Waals surface area contributed by atoms with Crippen LogP contribution in [0.1, 0.15) is 56.9 Å². The molecule has 2 aromatic carbocycles. The van der Waals surface area contributed by atoms with Gasteiger partial charge in [0.25, 0.3) is 5.09 Å². The molecule has 2 heterocycles. The standard InChI is InChI=1S/C35H48ClN3O10/c1-43-18-4-16-38-17-20-44-31-15-6-25(21-30(31)38)24-45-32-22-37-23-33(49-34(40)5-2-3-19-46-39(41)42)35(32)48-29-13-11-28(12-14-29)47-27-9-7-26(36)8-10-27/h6-10,15,21,28-29,32-33,35,37H,2-5,11-14,16-20,22-24H2,1H3. The van der Waals surface area contributed by atoms with Gasteiger partial charge < -0.3 is 43.5 Å². The van der Waals surface area contributed by atoms with E-state index in [1.807, 2.05) is 36.4 Å². The Morgan fingerprint density at radius 1 is 1.02 bits per heavy atom. The molecule has 49 heavy (non-hydrogen) atoms. The van der Waals surface area contributed by atoms with Gasteiger partial charge in [-0.2, -0.15) is 0 Å². The van der Waals surface area contributed by atoms with Gasteiger partial charge in [-0.25, -0.2) is 0 Å². The smallest absolute Gasteiger partial charge is 0.306 e. The summed E-state index contributed by atoms with van der Waals surface area (Å²) in [5.74, 6) is 1.27. The predicted octanol–water partition coefficient (Wildman–Crippen LogP) is 5.13. The number of methoxy groups -OCH3 is 1. The molecule has 5 rings (SSSR count). The number of carbonyl (C=O) groups excluding carboxylic acids is 1. The lowest BCUT2D eigenvalue weighted by atomic mass is 9.93. The van der Waals surface area contributed by atoms with E-state index in [-0.39, 0.29) is 37.3 Å². The topological polar surface area (TPSA) is 140 Å². The fourth-order valence-electron chi connectivity index (χ4n) is 6.47. The summed E-state index contributed by atoms with van der Waals surface area (Å²) >= 11 is 6.03. The lowest BCUT2D eigenvalue weighted by Gasteiger charge is -2.41. The van der Waals surface area contributed by atoms with E-state index in [9.17, 15) is 14.9 Å². The average Bonchev–Trinajstić information content (AvgIpc) is 3.10. The lowest BCUT2D eigenvalue weighted by molar-refractivity contribution is -0.757. The van der Waals surface area contributed by atoms with Crippen LogP contribution in [0.15, 0.2) is 42.5 Å². The number of hydrogen-bond donors (Lipinski definition) is 1. The minimum absolute atomic E-state index is 0.0405. The molecule has 3 atom stereocenters. The summed E-state index contributed by atoms with van der Waals surface area (Å²) in [5, 5.41) is 13.6. The molecule has 1 N–H and O–H groups in total. The number of nitrogens with one attached hydrogen (secondary N) is 1. The Labute approximate surface area is 292 Å². The van der Waals surface area contributed by atoms with Crippen molar-refractivity contribution in [1.29, 1.82) is 0 Å². The molecule has 3 unspecified atom stereocenters. The Hall–Kier alpha value is -3.36. The lowest BCUT2D eigenvalue weighted by Crippen LogP contribution is -2.58. The molecule has 2 fully saturated rings. The monoisotopic (exact) mass is 705 g/mol. The molecule has 270 valence electrons. The number of piperidine rings is 1. The molecular weight excluding hydrogens is 658 g/mol. The van der Waals surface area contributed by atoms with Crippen LogP contribution in [0.3, 0.4) is 0 Å². The summed E-state index contributed by atoms with van der Waals surface area (Å²) in [7, 11) is 1.71. The molecule has 0 radical (unpaired) electrons. The van der Waals surface area contributed by atoms with Crippen LogP contribution < -0.4 is 19.7 Å². The Morgan fingerprint density at radius 2 is 1.80 bits per heavy atom. The molecule has 2 aromatic rings. The number of fused-ring (bicyclic) bond motifs is 1. The number of unbranched alkanes of at least 4 members (excludes halogenated alkanes) is 1. The third kappa shape index (κ3) is 11.6. The maximum Gasteiger partial charge on any atom is 0.306 e. The van der Waals surface area contributed by atoms with Gasteiger partial charge in [0.2, 0.25) is 0 Å². The Kier molecular flexibility index (Phi) is 14.4. The molecule has 3 aliphatic rings. The highest BCUT2D eigenvalue weighted by Gasteiger charge is 2.40. The molecule has 14 heteroatoms. The highest BCUT2D eigenvalue weighted by atomic mass is 35.5. The van der Waals surface area contributed by atoms with Crippen LogP contribution in [-0.2, 0) is 35.2 Å². The average molecular weight is 706 g/mol. The zero-order valence-corrected chi connectivity index (χ0v) is 28.9. The largest absolute Gasteiger partial charge is 0.490 e. The summed E-state index contributed by atoms with van der Waals surface area (Å²) in [6, 6.07) is 13.5. The number of rotatable bonds is 18. The first-order chi connectivity index (χ1) is 23.9. The summed E-state index contributed by atoms with van der Waals surface area (Å²) in [5.41, 5.74) is 2.06. The third-order valence-electron chi connectivity index (χ3n) is 8.99. The number of esters is 1. The summed E-state index contributed by atoms with van der Waals surface area (Å²) in [6.07, 6.45) is 3.74. The van der Waals surface area contributed by atoms with Crippen molar-refractivity contribution in [2.75, 3.05) is 58.0 Å². The Balaban J connectivity index is 1.20. The van der Waals surface area contributed by atoms with E-state index in [1.165, 1.54) is 0 Å². The zero-order chi connectivity index (χ0) is 34.4. The molecule has 0 aromatic heterocycles. The third-order valence-corrected chi connectivity index (χ3v) is 9.24. The first-order valence-electron chi connectivity index (χ1n) is 17.2. The Bertz CT molecular complexity index is 1330. The van der Waals surface area contributed by atoms with Gasteiger partial charge in [-0.05, 0) is 86.9 Å². The quantitative estimate of drug-likeness (QED) is 0.0952. The van der Waals surface area contributed by atoms with Crippen molar-refractivity contribution in [3.05, 3.63) is 63.2 Å². The van der Waals surface area contributed by atoms with Crippen molar-refractivity contribution in [2.45, 2.75) is 88.5 Å². The minimum Gasteiger partial charge on any atom is -0.490 e. The van der Waals surface area contributed by atoms with Crippen molar-refractivity contribution in [2.24, 2.45) is 0 Å². The summed E-state index contributed by atoms with van der Waals surface area (Å²) in [6.45, 7) is 4.30. The number of carbonyl (C=O) groups is 1. The van der Waals surface area contributed by atoms with Gasteiger partial charge in [-0.3, -0.25) is 4.79 Å². The maximum absolute atomic E-state index is 12.9. The van der Waals surface area contributed by atoms with Gasteiger partial charge in [0.05, 0.1) is 37.7 Å². The van der Waals surface area contributed by atoms with Gasteiger partial charge >= 0.3 is 5.97 Å². The van der Waals surface area contributed by atoms with E-state index in [2.05, 4.69) is 21.1 Å². The first kappa shape index (κ1) is 36.9. The number of nitrogens with zero attached hydrogens (tertiary/aromatic N) is 2. The van der Waals surface area contributed by atoms with Gasteiger partial charge in [-0.1, -0.05) is 17.7 Å². The molecule has 0 bridgehead atoms. The van der Waals surface area contributed by atoms with Crippen LogP contribution in [0.5, 0.6) is 11.5 Å². The van der Waals surface area contributed by atoms with Crippen LogP contribution in [0.2, 0.25) is 5.02 Å². The minimum atomic E-state index is -0.831. The van der Waals surface area contributed by atoms with Gasteiger partial charge in [0.1, 0.15) is 36.4 Å². The molecular formula is C35H48ClN3O10. The molecule has 1 saturated carbocycles. The number of benzene rings is 2. The SMILES string of the molecule is COCCCN1CCOc2ccc(COC3CNCC(OC(=O)CCCCO[N+](=O)[O-])C3OC3CCC(Oc4ccc(Cl)cc4)CC3)cc21. The fourth-order valence-corrected chi connectivity index (χ4v) is 6.60. The van der Waals surface area contributed by atoms with E-state index in [0.29, 0.717) is 50.8 Å². The van der Waals surface area contributed by atoms with Crippen LogP contribution >= 0.6 is 11.6 Å². The molecule has 13 nitrogen and oxygen atoms in total. The van der Waals surface area contributed by atoms with E-state index in [4.69, 9.17) is 40.0 Å². The normalized spacial score (nSPS) is 23.6. The number of halogens is 1. The second-order valence-corrected chi connectivity index (χ2v) is 13.0. The molecule has 0 spiro atoms. The van der Waals surface area contributed by atoms with E-state index in [1.54, 1.807) is 7.11 Å².